The van der Waals surface area contributed by atoms with E-state index in [2.05, 4.69) is 0 Å². The molecule has 22 heavy (non-hydrogen) atoms. The van der Waals surface area contributed by atoms with E-state index in [-0.39, 0.29) is 6.42 Å². The zero-order valence-electron chi connectivity index (χ0n) is 12.4. The molecule has 0 spiro atoms. The molecule has 1 aromatic carbocycles. The van der Waals surface area contributed by atoms with Gasteiger partial charge < -0.3 is 9.84 Å². The van der Waals surface area contributed by atoms with Crippen molar-refractivity contribution < 1.29 is 32.6 Å². The van der Waals surface area contributed by atoms with Gasteiger partial charge in [0.2, 0.25) is 0 Å². The Morgan fingerprint density at radius 1 is 1.14 bits per heavy atom. The van der Waals surface area contributed by atoms with Gasteiger partial charge in [-0.1, -0.05) is 12.1 Å². The Hall–Kier alpha value is -2.05. The third-order valence-electron chi connectivity index (χ3n) is 2.71. The highest BCUT2D eigenvalue weighted by molar-refractivity contribution is 5.94. The maximum atomic E-state index is 12.5. The number of carbonyl (C=O) groups excluding carboxylic acids is 1. The molecule has 0 saturated carbocycles. The van der Waals surface area contributed by atoms with Crippen molar-refractivity contribution in [3.63, 3.8) is 0 Å². The highest BCUT2D eigenvalue weighted by Gasteiger charge is 2.32. The van der Waals surface area contributed by atoms with Crippen LogP contribution < -0.4 is 0 Å². The van der Waals surface area contributed by atoms with Crippen molar-refractivity contribution in [2.45, 2.75) is 39.0 Å². The minimum absolute atomic E-state index is 0.234. The normalized spacial score (nSPS) is 13.5. The number of carbonyl (C=O) groups is 2. The summed E-state index contributed by atoms with van der Waals surface area (Å²) in [5.74, 6) is -3.76. The molecule has 7 heteroatoms. The van der Waals surface area contributed by atoms with Gasteiger partial charge in [0, 0.05) is 0 Å². The maximum Gasteiger partial charge on any atom is 0.416 e. The number of rotatable bonds is 4. The third kappa shape index (κ3) is 5.38. The molecule has 122 valence electrons. The molecule has 0 aliphatic heterocycles. The molecule has 0 bridgehead atoms. The van der Waals surface area contributed by atoms with E-state index < -0.39 is 35.2 Å². The van der Waals surface area contributed by atoms with Crippen LogP contribution in [-0.4, -0.2) is 22.6 Å². The average molecular weight is 318 g/mol. The van der Waals surface area contributed by atoms with E-state index in [9.17, 15) is 22.8 Å². The van der Waals surface area contributed by atoms with E-state index in [1.165, 1.54) is 0 Å². The summed E-state index contributed by atoms with van der Waals surface area (Å²) < 4.78 is 42.4. The summed E-state index contributed by atoms with van der Waals surface area (Å²) in [6.45, 7) is 4.80. The molecule has 0 aromatic heterocycles. The van der Waals surface area contributed by atoms with Gasteiger partial charge >= 0.3 is 18.1 Å². The van der Waals surface area contributed by atoms with Gasteiger partial charge in [-0.2, -0.15) is 13.2 Å². The van der Waals surface area contributed by atoms with Crippen LogP contribution in [0.1, 0.15) is 31.9 Å². The molecule has 0 saturated heterocycles. The van der Waals surface area contributed by atoms with Gasteiger partial charge in [0.15, 0.2) is 5.92 Å². The van der Waals surface area contributed by atoms with Crippen LogP contribution in [0, 0.1) is 5.92 Å². The molecule has 1 aromatic rings. The van der Waals surface area contributed by atoms with Gasteiger partial charge in [0.25, 0.3) is 0 Å². The molecular formula is C15H17F3O4. The van der Waals surface area contributed by atoms with E-state index >= 15 is 0 Å². The quantitative estimate of drug-likeness (QED) is 0.683. The summed E-state index contributed by atoms with van der Waals surface area (Å²) >= 11 is 0. The number of hydrogen-bond donors (Lipinski definition) is 1. The summed E-state index contributed by atoms with van der Waals surface area (Å²) in [6, 6.07) is 4.01. The molecular weight excluding hydrogens is 301 g/mol. The first kappa shape index (κ1) is 18.0. The summed E-state index contributed by atoms with van der Waals surface area (Å²) in [6.07, 6.45) is -4.70. The number of carboxylic acid groups (broad SMARTS) is 1. The Morgan fingerprint density at radius 2 is 1.64 bits per heavy atom. The molecule has 4 nitrogen and oxygen atoms in total. The number of hydrogen-bond acceptors (Lipinski definition) is 3. The lowest BCUT2D eigenvalue weighted by molar-refractivity contribution is -0.166. The molecule has 1 rings (SSSR count). The van der Waals surface area contributed by atoms with Crippen LogP contribution in [0.15, 0.2) is 24.3 Å². The fraction of sp³-hybridized carbons (Fsp3) is 0.467. The lowest BCUT2D eigenvalue weighted by Gasteiger charge is -2.22. The van der Waals surface area contributed by atoms with Crippen LogP contribution >= 0.6 is 0 Å². The predicted molar refractivity (Wildman–Crippen MR) is 72.1 cm³/mol. The Bertz CT molecular complexity index is 541. The first-order valence-corrected chi connectivity index (χ1v) is 6.52. The maximum absolute atomic E-state index is 12.5. The van der Waals surface area contributed by atoms with E-state index in [4.69, 9.17) is 9.84 Å². The largest absolute Gasteiger partial charge is 0.481 e. The third-order valence-corrected chi connectivity index (χ3v) is 2.71. The second kappa shape index (κ2) is 6.37. The van der Waals surface area contributed by atoms with Crippen molar-refractivity contribution in [3.05, 3.63) is 35.4 Å². The Kier molecular flexibility index (Phi) is 5.22. The Labute approximate surface area is 125 Å². The summed E-state index contributed by atoms with van der Waals surface area (Å²) in [7, 11) is 0. The minimum atomic E-state index is -4.46. The number of esters is 1. The lowest BCUT2D eigenvalue weighted by Crippen LogP contribution is -2.34. The van der Waals surface area contributed by atoms with Crippen molar-refractivity contribution in [3.8, 4) is 0 Å². The van der Waals surface area contributed by atoms with Crippen molar-refractivity contribution in [2.24, 2.45) is 5.92 Å². The summed E-state index contributed by atoms with van der Waals surface area (Å²) in [5.41, 5.74) is -1.36. The van der Waals surface area contributed by atoms with Crippen molar-refractivity contribution in [2.75, 3.05) is 0 Å². The van der Waals surface area contributed by atoms with E-state index in [1.807, 2.05) is 0 Å². The number of ether oxygens (including phenoxy) is 1. The SMILES string of the molecule is CC(C)(C)OC(=O)[C@@H](Cc1ccc(C(F)(F)F)cc1)C(=O)O. The van der Waals surface area contributed by atoms with Gasteiger partial charge in [-0.3, -0.25) is 9.59 Å². The van der Waals surface area contributed by atoms with Gasteiger partial charge in [0.1, 0.15) is 5.60 Å². The standard InChI is InChI=1S/C15H17F3O4/c1-14(2,3)22-13(21)11(12(19)20)8-9-4-6-10(7-5-9)15(16,17)18/h4-7,11H,8H2,1-3H3,(H,19,20)/t11-/m0/s1. The first-order chi connectivity index (χ1) is 9.90. The number of carboxylic acids is 1. The van der Waals surface area contributed by atoms with Gasteiger partial charge in [-0.25, -0.2) is 0 Å². The fourth-order valence-electron chi connectivity index (χ4n) is 1.71. The van der Waals surface area contributed by atoms with E-state index in [0.29, 0.717) is 5.56 Å². The monoisotopic (exact) mass is 318 g/mol. The molecule has 0 aliphatic rings. The zero-order chi connectivity index (χ0) is 17.1. The zero-order valence-corrected chi connectivity index (χ0v) is 12.4. The summed E-state index contributed by atoms with van der Waals surface area (Å²) in [4.78, 5) is 23.0. The molecule has 1 atom stereocenters. The van der Waals surface area contributed by atoms with Crippen molar-refractivity contribution >= 4 is 11.9 Å². The molecule has 0 heterocycles. The second-order valence-corrected chi connectivity index (χ2v) is 5.82. The van der Waals surface area contributed by atoms with Gasteiger partial charge in [-0.15, -0.1) is 0 Å². The molecule has 0 unspecified atom stereocenters. The highest BCUT2D eigenvalue weighted by atomic mass is 19.4. The second-order valence-electron chi connectivity index (χ2n) is 5.82. The topological polar surface area (TPSA) is 63.6 Å². The highest BCUT2D eigenvalue weighted by Crippen LogP contribution is 2.29. The van der Waals surface area contributed by atoms with Crippen molar-refractivity contribution in [1.29, 1.82) is 0 Å². The summed E-state index contributed by atoms with van der Waals surface area (Å²) in [5, 5.41) is 9.10. The van der Waals surface area contributed by atoms with Crippen LogP contribution in [-0.2, 0) is 26.9 Å². The molecule has 1 N–H and O–H groups in total. The van der Waals surface area contributed by atoms with E-state index in [1.54, 1.807) is 20.8 Å². The minimum Gasteiger partial charge on any atom is -0.481 e. The van der Waals surface area contributed by atoms with Gasteiger partial charge in [-0.05, 0) is 44.9 Å². The first-order valence-electron chi connectivity index (χ1n) is 6.52. The van der Waals surface area contributed by atoms with E-state index in [0.717, 1.165) is 24.3 Å². The number of alkyl halides is 3. The van der Waals surface area contributed by atoms with Crippen LogP contribution in [0.25, 0.3) is 0 Å². The number of benzene rings is 1. The Balaban J connectivity index is 2.88. The van der Waals surface area contributed by atoms with Crippen LogP contribution in [0.3, 0.4) is 0 Å². The van der Waals surface area contributed by atoms with Crippen LogP contribution in [0.5, 0.6) is 0 Å². The smallest absolute Gasteiger partial charge is 0.416 e. The Morgan fingerprint density at radius 3 is 2.00 bits per heavy atom. The molecule has 0 amide bonds. The van der Waals surface area contributed by atoms with Crippen molar-refractivity contribution in [1.82, 2.24) is 0 Å². The molecule has 0 radical (unpaired) electrons. The fourth-order valence-corrected chi connectivity index (χ4v) is 1.71. The number of aliphatic carboxylic acids is 1. The van der Waals surface area contributed by atoms with Gasteiger partial charge in [0.05, 0.1) is 5.56 Å². The average Bonchev–Trinajstić information content (AvgIpc) is 2.32. The predicted octanol–water partition coefficient (Wildman–Crippen LogP) is 3.29. The molecule has 0 fully saturated rings. The van der Waals surface area contributed by atoms with Crippen LogP contribution in [0.4, 0.5) is 13.2 Å². The lowest BCUT2D eigenvalue weighted by atomic mass is 9.98. The molecule has 0 aliphatic carbocycles. The van der Waals surface area contributed by atoms with Crippen LogP contribution in [0.2, 0.25) is 0 Å². The number of halogens is 3.